The molecule has 2 N–H and O–H groups in total. The first-order valence-electron chi connectivity index (χ1n) is 2.09. The molecule has 0 spiro atoms. The van der Waals surface area contributed by atoms with Gasteiger partial charge in [-0.05, 0) is 0 Å². The standard InChI is InChI=1S/C4H5BrN2S/c5-1-3-2-8-4(6)7-3/h2H,1H2,(H2,6,7). The molecule has 0 radical (unpaired) electrons. The maximum Gasteiger partial charge on any atom is 0.180 e. The highest BCUT2D eigenvalue weighted by Crippen LogP contribution is 2.12. The second kappa shape index (κ2) is 2.46. The first-order chi connectivity index (χ1) is 3.83. The molecule has 0 atom stereocenters. The van der Waals surface area contributed by atoms with Crippen LogP contribution in [0.1, 0.15) is 5.69 Å². The van der Waals surface area contributed by atoms with Crippen LogP contribution in [0.15, 0.2) is 5.38 Å². The molecule has 44 valence electrons. The Hall–Kier alpha value is -0.0900. The number of nitrogens with zero attached hydrogens (tertiary/aromatic N) is 1. The maximum atomic E-state index is 5.34. The summed E-state index contributed by atoms with van der Waals surface area (Å²) in [6.07, 6.45) is 0. The minimum atomic E-state index is 0.638. The Labute approximate surface area is 59.9 Å². The number of halogens is 1. The summed E-state index contributed by atoms with van der Waals surface area (Å²) in [6.45, 7) is 0. The molecule has 0 unspecified atom stereocenters. The third kappa shape index (κ3) is 1.20. The summed E-state index contributed by atoms with van der Waals surface area (Å²) in [4.78, 5) is 3.98. The van der Waals surface area contributed by atoms with Gasteiger partial charge in [0, 0.05) is 10.7 Å². The number of aromatic nitrogens is 1. The first-order valence-corrected chi connectivity index (χ1v) is 4.09. The van der Waals surface area contributed by atoms with E-state index in [2.05, 4.69) is 20.9 Å². The Morgan fingerprint density at radius 1 is 1.88 bits per heavy atom. The van der Waals surface area contributed by atoms with Crippen LogP contribution in [0.4, 0.5) is 5.13 Å². The number of nitrogens with two attached hydrogens (primary N) is 1. The molecule has 1 heterocycles. The average Bonchev–Trinajstić information content (AvgIpc) is 2.14. The van der Waals surface area contributed by atoms with Crippen molar-refractivity contribution in [2.45, 2.75) is 5.33 Å². The van der Waals surface area contributed by atoms with E-state index in [1.54, 1.807) is 0 Å². The van der Waals surface area contributed by atoms with Gasteiger partial charge in [-0.1, -0.05) is 15.9 Å². The van der Waals surface area contributed by atoms with Crippen LogP contribution in [-0.4, -0.2) is 4.98 Å². The number of alkyl halides is 1. The molecule has 0 aliphatic heterocycles. The van der Waals surface area contributed by atoms with Crippen LogP contribution in [0.2, 0.25) is 0 Å². The van der Waals surface area contributed by atoms with Crippen LogP contribution in [0.5, 0.6) is 0 Å². The Bertz CT molecular complexity index is 174. The van der Waals surface area contributed by atoms with Crippen LogP contribution in [0.3, 0.4) is 0 Å². The van der Waals surface area contributed by atoms with Crippen LogP contribution in [0, 0.1) is 0 Å². The highest BCUT2D eigenvalue weighted by atomic mass is 79.9. The lowest BCUT2D eigenvalue weighted by Crippen LogP contribution is -1.82. The smallest absolute Gasteiger partial charge is 0.180 e. The number of nitrogen functional groups attached to an aromatic ring is 1. The SMILES string of the molecule is Nc1nc(CBr)cs1. The van der Waals surface area contributed by atoms with E-state index in [0.717, 1.165) is 11.0 Å². The normalized spacial score (nSPS) is 9.62. The molecule has 0 saturated carbocycles. The van der Waals surface area contributed by atoms with Crippen LogP contribution < -0.4 is 5.73 Å². The summed E-state index contributed by atoms with van der Waals surface area (Å²) < 4.78 is 0. The van der Waals surface area contributed by atoms with Crippen molar-refractivity contribution in [1.82, 2.24) is 4.98 Å². The Morgan fingerprint density at radius 3 is 2.88 bits per heavy atom. The molecule has 0 aliphatic rings. The van der Waals surface area contributed by atoms with E-state index >= 15 is 0 Å². The van der Waals surface area contributed by atoms with Crippen molar-refractivity contribution < 1.29 is 0 Å². The minimum absolute atomic E-state index is 0.638. The van der Waals surface area contributed by atoms with E-state index in [-0.39, 0.29) is 0 Å². The van der Waals surface area contributed by atoms with Gasteiger partial charge in [0.25, 0.3) is 0 Å². The summed E-state index contributed by atoms with van der Waals surface area (Å²) in [5, 5.41) is 3.37. The fraction of sp³-hybridized carbons (Fsp3) is 0.250. The zero-order valence-corrected chi connectivity index (χ0v) is 6.50. The monoisotopic (exact) mass is 192 g/mol. The number of hydrogen-bond donors (Lipinski definition) is 1. The van der Waals surface area contributed by atoms with Crippen LogP contribution in [0.25, 0.3) is 0 Å². The molecule has 0 amide bonds. The highest BCUT2D eigenvalue weighted by Gasteiger charge is 1.92. The molecular weight excluding hydrogens is 188 g/mol. The lowest BCUT2D eigenvalue weighted by atomic mass is 10.6. The van der Waals surface area contributed by atoms with E-state index in [1.807, 2.05) is 5.38 Å². The summed E-state index contributed by atoms with van der Waals surface area (Å²) in [5.41, 5.74) is 6.35. The number of anilines is 1. The summed E-state index contributed by atoms with van der Waals surface area (Å²) >= 11 is 4.73. The second-order valence-corrected chi connectivity index (χ2v) is 2.76. The molecule has 4 heteroatoms. The highest BCUT2D eigenvalue weighted by molar-refractivity contribution is 9.08. The van der Waals surface area contributed by atoms with Crippen molar-refractivity contribution in [3.8, 4) is 0 Å². The summed E-state index contributed by atoms with van der Waals surface area (Å²) in [7, 11) is 0. The van der Waals surface area contributed by atoms with Crippen LogP contribution in [-0.2, 0) is 5.33 Å². The number of hydrogen-bond acceptors (Lipinski definition) is 3. The van der Waals surface area contributed by atoms with E-state index in [4.69, 9.17) is 5.73 Å². The van der Waals surface area contributed by atoms with Crippen molar-refractivity contribution in [2.24, 2.45) is 0 Å². The molecule has 0 fully saturated rings. The molecule has 0 aromatic carbocycles. The van der Waals surface area contributed by atoms with Crippen molar-refractivity contribution in [3.05, 3.63) is 11.1 Å². The van der Waals surface area contributed by atoms with Gasteiger partial charge in [0.1, 0.15) is 0 Å². The lowest BCUT2D eigenvalue weighted by Gasteiger charge is -1.78. The lowest BCUT2D eigenvalue weighted by molar-refractivity contribution is 1.25. The molecule has 0 saturated heterocycles. The zero-order chi connectivity index (χ0) is 5.98. The fourth-order valence-corrected chi connectivity index (χ4v) is 1.45. The van der Waals surface area contributed by atoms with Crippen molar-refractivity contribution in [2.75, 3.05) is 5.73 Å². The van der Waals surface area contributed by atoms with Gasteiger partial charge < -0.3 is 5.73 Å². The third-order valence-corrected chi connectivity index (χ3v) is 2.00. The molecule has 1 aromatic heterocycles. The van der Waals surface area contributed by atoms with Gasteiger partial charge in [0.05, 0.1) is 5.69 Å². The molecule has 8 heavy (non-hydrogen) atoms. The largest absolute Gasteiger partial charge is 0.375 e. The fourth-order valence-electron chi connectivity index (χ4n) is 0.384. The van der Waals surface area contributed by atoms with Gasteiger partial charge in [0.15, 0.2) is 5.13 Å². The predicted molar refractivity (Wildman–Crippen MR) is 39.2 cm³/mol. The van der Waals surface area contributed by atoms with E-state index in [9.17, 15) is 0 Å². The minimum Gasteiger partial charge on any atom is -0.375 e. The molecule has 2 nitrogen and oxygen atoms in total. The van der Waals surface area contributed by atoms with E-state index in [0.29, 0.717) is 5.13 Å². The number of rotatable bonds is 1. The van der Waals surface area contributed by atoms with Gasteiger partial charge >= 0.3 is 0 Å². The molecule has 1 rings (SSSR count). The first kappa shape index (κ1) is 6.04. The predicted octanol–water partition coefficient (Wildman–Crippen LogP) is 1.62. The van der Waals surface area contributed by atoms with Gasteiger partial charge in [-0.3, -0.25) is 0 Å². The Balaban J connectivity index is 2.84. The molecule has 1 aromatic rings. The average molecular weight is 193 g/mol. The molecule has 0 bridgehead atoms. The van der Waals surface area contributed by atoms with Gasteiger partial charge in [-0.2, -0.15) is 0 Å². The van der Waals surface area contributed by atoms with Gasteiger partial charge in [0.2, 0.25) is 0 Å². The van der Waals surface area contributed by atoms with E-state index < -0.39 is 0 Å². The summed E-state index contributed by atoms with van der Waals surface area (Å²) in [6, 6.07) is 0. The van der Waals surface area contributed by atoms with E-state index in [1.165, 1.54) is 11.3 Å². The second-order valence-electron chi connectivity index (χ2n) is 1.31. The van der Waals surface area contributed by atoms with Gasteiger partial charge in [-0.15, -0.1) is 11.3 Å². The van der Waals surface area contributed by atoms with Crippen LogP contribution >= 0.6 is 27.3 Å². The quantitative estimate of drug-likeness (QED) is 0.688. The maximum absolute atomic E-state index is 5.34. The third-order valence-electron chi connectivity index (χ3n) is 0.706. The molecule has 0 aliphatic carbocycles. The molecular formula is C4H5BrN2S. The Morgan fingerprint density at radius 2 is 2.62 bits per heavy atom. The van der Waals surface area contributed by atoms with Crippen molar-refractivity contribution in [1.29, 1.82) is 0 Å². The van der Waals surface area contributed by atoms with Crippen molar-refractivity contribution in [3.63, 3.8) is 0 Å². The topological polar surface area (TPSA) is 38.9 Å². The van der Waals surface area contributed by atoms with Crippen molar-refractivity contribution >= 4 is 32.4 Å². The van der Waals surface area contributed by atoms with Gasteiger partial charge in [-0.25, -0.2) is 4.98 Å². The Kier molecular flexibility index (Phi) is 1.85. The number of thiazole rings is 1. The summed E-state index contributed by atoms with van der Waals surface area (Å²) in [5.74, 6) is 0. The zero-order valence-electron chi connectivity index (χ0n) is 4.10.